The van der Waals surface area contributed by atoms with E-state index < -0.39 is 18.2 Å². The number of rotatable bonds is 4. The minimum atomic E-state index is -0.974. The maximum Gasteiger partial charge on any atom is 0.352 e. The van der Waals surface area contributed by atoms with Crippen LogP contribution in [0, 0.1) is 0 Å². The number of benzene rings is 2. The van der Waals surface area contributed by atoms with Crippen LogP contribution in [0.2, 0.25) is 0 Å². The molecule has 1 fully saturated rings. The van der Waals surface area contributed by atoms with Crippen molar-refractivity contribution in [2.75, 3.05) is 19.7 Å². The van der Waals surface area contributed by atoms with Crippen LogP contribution in [0.25, 0.3) is 0 Å². The van der Waals surface area contributed by atoms with Crippen LogP contribution in [-0.4, -0.2) is 42.6 Å². The lowest BCUT2D eigenvalue weighted by molar-refractivity contribution is -0.168. The summed E-state index contributed by atoms with van der Waals surface area (Å²) in [6.45, 7) is 1.43. The summed E-state index contributed by atoms with van der Waals surface area (Å²) in [6.07, 6.45) is 0.0600. The number of nitrogens with zero attached hydrogens (tertiary/aromatic N) is 1. The number of esters is 1. The van der Waals surface area contributed by atoms with E-state index in [-0.39, 0.29) is 12.5 Å². The van der Waals surface area contributed by atoms with Crippen LogP contribution in [0.5, 0.6) is 11.5 Å². The van der Waals surface area contributed by atoms with Crippen molar-refractivity contribution in [1.29, 1.82) is 0 Å². The SMILES string of the molecule is O=C(O[C@H](C(=O)N1CCCC1)c1ccccc1)[C@@H]1COc2ccccc2O1. The Labute approximate surface area is 157 Å². The zero-order chi connectivity index (χ0) is 18.6. The van der Waals surface area contributed by atoms with Crippen molar-refractivity contribution in [3.8, 4) is 11.5 Å². The molecule has 2 aliphatic heterocycles. The monoisotopic (exact) mass is 367 g/mol. The molecule has 0 saturated carbocycles. The molecule has 2 aromatic rings. The topological polar surface area (TPSA) is 65.1 Å². The zero-order valence-electron chi connectivity index (χ0n) is 14.9. The molecule has 2 aromatic carbocycles. The molecule has 6 nitrogen and oxygen atoms in total. The second kappa shape index (κ2) is 7.70. The molecule has 140 valence electrons. The van der Waals surface area contributed by atoms with Crippen molar-refractivity contribution < 1.29 is 23.8 Å². The average Bonchev–Trinajstić information content (AvgIpc) is 3.26. The second-order valence-corrected chi connectivity index (χ2v) is 6.62. The number of carbonyl (C=O) groups is 2. The summed E-state index contributed by atoms with van der Waals surface area (Å²) >= 11 is 0. The highest BCUT2D eigenvalue weighted by Crippen LogP contribution is 2.32. The van der Waals surface area contributed by atoms with Gasteiger partial charge in [-0.2, -0.15) is 0 Å². The van der Waals surface area contributed by atoms with Crippen molar-refractivity contribution in [3.63, 3.8) is 0 Å². The Hall–Kier alpha value is -3.02. The van der Waals surface area contributed by atoms with Gasteiger partial charge in [0.05, 0.1) is 0 Å². The molecule has 2 aliphatic rings. The molecule has 0 radical (unpaired) electrons. The maximum absolute atomic E-state index is 12.9. The van der Waals surface area contributed by atoms with Gasteiger partial charge < -0.3 is 19.1 Å². The third-order valence-electron chi connectivity index (χ3n) is 4.75. The van der Waals surface area contributed by atoms with Crippen molar-refractivity contribution in [3.05, 3.63) is 60.2 Å². The van der Waals surface area contributed by atoms with Gasteiger partial charge in [0.2, 0.25) is 12.2 Å². The Bertz CT molecular complexity index is 816. The number of carbonyl (C=O) groups excluding carboxylic acids is 2. The largest absolute Gasteiger partial charge is 0.485 e. The first-order valence-electron chi connectivity index (χ1n) is 9.15. The number of amides is 1. The van der Waals surface area contributed by atoms with Gasteiger partial charge >= 0.3 is 5.97 Å². The molecule has 0 aliphatic carbocycles. The summed E-state index contributed by atoms with van der Waals surface area (Å²) < 4.78 is 16.9. The van der Waals surface area contributed by atoms with E-state index in [9.17, 15) is 9.59 Å². The summed E-state index contributed by atoms with van der Waals surface area (Å²) in [5.74, 6) is 0.289. The quantitative estimate of drug-likeness (QED) is 0.778. The number of fused-ring (bicyclic) bond motifs is 1. The van der Waals surface area contributed by atoms with Gasteiger partial charge in [0.1, 0.15) is 6.61 Å². The minimum absolute atomic E-state index is 0.0509. The molecule has 2 heterocycles. The fourth-order valence-corrected chi connectivity index (χ4v) is 3.32. The van der Waals surface area contributed by atoms with Crippen molar-refractivity contribution in [2.24, 2.45) is 0 Å². The van der Waals surface area contributed by atoms with E-state index >= 15 is 0 Å². The lowest BCUT2D eigenvalue weighted by Crippen LogP contribution is -2.41. The van der Waals surface area contributed by atoms with E-state index in [1.807, 2.05) is 24.3 Å². The van der Waals surface area contributed by atoms with Gasteiger partial charge in [-0.25, -0.2) is 4.79 Å². The van der Waals surface area contributed by atoms with Crippen LogP contribution in [0.1, 0.15) is 24.5 Å². The van der Waals surface area contributed by atoms with E-state index in [0.717, 1.165) is 12.8 Å². The second-order valence-electron chi connectivity index (χ2n) is 6.62. The van der Waals surface area contributed by atoms with Gasteiger partial charge in [-0.05, 0) is 25.0 Å². The molecule has 27 heavy (non-hydrogen) atoms. The lowest BCUT2D eigenvalue weighted by atomic mass is 10.1. The number of hydrogen-bond acceptors (Lipinski definition) is 5. The Morgan fingerprint density at radius 2 is 1.63 bits per heavy atom. The third-order valence-corrected chi connectivity index (χ3v) is 4.75. The van der Waals surface area contributed by atoms with Gasteiger partial charge in [0.25, 0.3) is 5.91 Å². The van der Waals surface area contributed by atoms with Crippen molar-refractivity contribution in [2.45, 2.75) is 25.0 Å². The van der Waals surface area contributed by atoms with E-state index in [2.05, 4.69) is 0 Å². The predicted molar refractivity (Wildman–Crippen MR) is 97.4 cm³/mol. The van der Waals surface area contributed by atoms with Gasteiger partial charge in [0, 0.05) is 18.7 Å². The smallest absolute Gasteiger partial charge is 0.352 e. The Balaban J connectivity index is 1.51. The summed E-state index contributed by atoms with van der Waals surface area (Å²) in [4.78, 5) is 27.4. The number of likely N-dealkylation sites (tertiary alicyclic amines) is 1. The Morgan fingerprint density at radius 1 is 0.963 bits per heavy atom. The average molecular weight is 367 g/mol. The summed E-state index contributed by atoms with van der Waals surface area (Å²) in [5, 5.41) is 0. The van der Waals surface area contributed by atoms with Crippen LogP contribution >= 0.6 is 0 Å². The van der Waals surface area contributed by atoms with Crippen molar-refractivity contribution >= 4 is 11.9 Å². The van der Waals surface area contributed by atoms with Gasteiger partial charge in [-0.3, -0.25) is 4.79 Å². The minimum Gasteiger partial charge on any atom is -0.485 e. The molecular formula is C21H21NO5. The molecule has 1 saturated heterocycles. The highest BCUT2D eigenvalue weighted by Gasteiger charge is 2.35. The van der Waals surface area contributed by atoms with E-state index in [0.29, 0.717) is 30.2 Å². The first-order valence-corrected chi connectivity index (χ1v) is 9.15. The predicted octanol–water partition coefficient (Wildman–Crippen LogP) is 2.73. The van der Waals surface area contributed by atoms with Crippen LogP contribution in [0.15, 0.2) is 54.6 Å². The molecule has 2 atom stereocenters. The molecule has 0 unspecified atom stereocenters. The highest BCUT2D eigenvalue weighted by molar-refractivity contribution is 5.86. The van der Waals surface area contributed by atoms with Gasteiger partial charge in [0.15, 0.2) is 11.5 Å². The molecular weight excluding hydrogens is 346 g/mol. The number of ether oxygens (including phenoxy) is 3. The summed E-state index contributed by atoms with van der Waals surface area (Å²) in [7, 11) is 0. The molecule has 6 heteroatoms. The number of para-hydroxylation sites is 2. The van der Waals surface area contributed by atoms with E-state index in [4.69, 9.17) is 14.2 Å². The van der Waals surface area contributed by atoms with Gasteiger partial charge in [-0.15, -0.1) is 0 Å². The normalized spacial score (nSPS) is 19.4. The fourth-order valence-electron chi connectivity index (χ4n) is 3.32. The van der Waals surface area contributed by atoms with Crippen LogP contribution in [0.4, 0.5) is 0 Å². The molecule has 0 bridgehead atoms. The zero-order valence-corrected chi connectivity index (χ0v) is 14.9. The van der Waals surface area contributed by atoms with Crippen molar-refractivity contribution in [1.82, 2.24) is 4.90 Å². The Morgan fingerprint density at radius 3 is 2.37 bits per heavy atom. The first-order chi connectivity index (χ1) is 13.2. The van der Waals surface area contributed by atoms with E-state index in [1.165, 1.54) is 0 Å². The molecule has 0 N–H and O–H groups in total. The molecule has 4 rings (SSSR count). The number of hydrogen-bond donors (Lipinski definition) is 0. The standard InChI is InChI=1S/C21H21NO5/c23-20(22-12-6-7-13-22)19(15-8-2-1-3-9-15)27-21(24)18-14-25-16-10-4-5-11-17(16)26-18/h1-5,8-11,18-19H,6-7,12-14H2/t18-,19-/m0/s1. The van der Waals surface area contributed by atoms with Gasteiger partial charge in [-0.1, -0.05) is 42.5 Å². The Kier molecular flexibility index (Phi) is 4.96. The summed E-state index contributed by atoms with van der Waals surface area (Å²) in [6, 6.07) is 16.2. The molecule has 0 spiro atoms. The molecule has 0 aromatic heterocycles. The highest BCUT2D eigenvalue weighted by atomic mass is 16.6. The molecule has 1 amide bonds. The summed E-state index contributed by atoms with van der Waals surface area (Å²) in [5.41, 5.74) is 0.653. The van der Waals surface area contributed by atoms with Crippen LogP contribution < -0.4 is 9.47 Å². The first kappa shape index (κ1) is 17.4. The fraction of sp³-hybridized carbons (Fsp3) is 0.333. The third kappa shape index (κ3) is 3.74. The van der Waals surface area contributed by atoms with E-state index in [1.54, 1.807) is 35.2 Å². The maximum atomic E-state index is 12.9. The lowest BCUT2D eigenvalue weighted by Gasteiger charge is -2.28. The van der Waals surface area contributed by atoms with Crippen LogP contribution in [-0.2, 0) is 14.3 Å². The van der Waals surface area contributed by atoms with Crippen LogP contribution in [0.3, 0.4) is 0 Å².